The normalized spacial score (nSPS) is 19.5. The van der Waals surface area contributed by atoms with Crippen LogP contribution in [0.15, 0.2) is 48.7 Å². The van der Waals surface area contributed by atoms with E-state index in [0.29, 0.717) is 11.3 Å². The molecule has 1 aliphatic heterocycles. The van der Waals surface area contributed by atoms with Gasteiger partial charge in [-0.1, -0.05) is 38.1 Å². The SMILES string of the molecule is CC(C)c1ccc([C@H](NC(=O)C2CC(F)CN2)c2cccc(-c3ccn[nH]3)c2)nc1F. The van der Waals surface area contributed by atoms with Gasteiger partial charge in [-0.05, 0) is 35.2 Å². The average molecular weight is 425 g/mol. The maximum Gasteiger partial charge on any atom is 0.238 e. The van der Waals surface area contributed by atoms with Gasteiger partial charge < -0.3 is 10.6 Å². The van der Waals surface area contributed by atoms with E-state index < -0.39 is 24.2 Å². The van der Waals surface area contributed by atoms with E-state index >= 15 is 0 Å². The highest BCUT2D eigenvalue weighted by molar-refractivity contribution is 5.83. The molecule has 31 heavy (non-hydrogen) atoms. The van der Waals surface area contributed by atoms with Gasteiger partial charge in [0.2, 0.25) is 11.9 Å². The molecule has 0 saturated carbocycles. The first-order chi connectivity index (χ1) is 14.9. The van der Waals surface area contributed by atoms with Crippen LogP contribution in [0.5, 0.6) is 0 Å². The van der Waals surface area contributed by atoms with Gasteiger partial charge in [-0.2, -0.15) is 9.49 Å². The van der Waals surface area contributed by atoms with Gasteiger partial charge in [0.1, 0.15) is 6.17 Å². The smallest absolute Gasteiger partial charge is 0.238 e. The van der Waals surface area contributed by atoms with Crippen LogP contribution in [0, 0.1) is 5.95 Å². The van der Waals surface area contributed by atoms with E-state index in [-0.39, 0.29) is 24.8 Å². The van der Waals surface area contributed by atoms with E-state index in [2.05, 4.69) is 25.8 Å². The number of nitrogens with zero attached hydrogens (tertiary/aromatic N) is 2. The maximum atomic E-state index is 14.7. The minimum absolute atomic E-state index is 0.0116. The van der Waals surface area contributed by atoms with Gasteiger partial charge in [0.25, 0.3) is 0 Å². The second kappa shape index (κ2) is 8.93. The largest absolute Gasteiger partial charge is 0.342 e. The summed E-state index contributed by atoms with van der Waals surface area (Å²) in [5.74, 6) is -0.908. The molecule has 1 fully saturated rings. The predicted octanol–water partition coefficient (Wildman–Crippen LogP) is 3.64. The Morgan fingerprint density at radius 3 is 2.71 bits per heavy atom. The fourth-order valence-corrected chi connectivity index (χ4v) is 3.82. The van der Waals surface area contributed by atoms with Crippen LogP contribution < -0.4 is 10.6 Å². The first-order valence-electron chi connectivity index (χ1n) is 10.4. The molecular weight excluding hydrogens is 400 g/mol. The lowest BCUT2D eigenvalue weighted by Gasteiger charge is -2.22. The number of alkyl halides is 1. The van der Waals surface area contributed by atoms with Gasteiger partial charge in [0.15, 0.2) is 0 Å². The third kappa shape index (κ3) is 4.64. The molecular formula is C23H25F2N5O. The van der Waals surface area contributed by atoms with Crippen molar-refractivity contribution in [1.82, 2.24) is 25.8 Å². The van der Waals surface area contributed by atoms with Crippen molar-refractivity contribution in [2.75, 3.05) is 6.54 Å². The first-order valence-corrected chi connectivity index (χ1v) is 10.4. The lowest BCUT2D eigenvalue weighted by atomic mass is 9.97. The molecule has 3 atom stereocenters. The van der Waals surface area contributed by atoms with E-state index in [9.17, 15) is 13.6 Å². The summed E-state index contributed by atoms with van der Waals surface area (Å²) >= 11 is 0. The molecule has 3 N–H and O–H groups in total. The lowest BCUT2D eigenvalue weighted by Crippen LogP contribution is -2.42. The summed E-state index contributed by atoms with van der Waals surface area (Å²) in [5, 5.41) is 12.7. The van der Waals surface area contributed by atoms with Gasteiger partial charge >= 0.3 is 0 Å². The van der Waals surface area contributed by atoms with Gasteiger partial charge in [-0.3, -0.25) is 9.89 Å². The Morgan fingerprint density at radius 1 is 1.23 bits per heavy atom. The molecule has 0 aliphatic carbocycles. The zero-order valence-electron chi connectivity index (χ0n) is 17.4. The van der Waals surface area contributed by atoms with Crippen LogP contribution in [0.1, 0.15) is 49.0 Å². The molecule has 2 aromatic heterocycles. The van der Waals surface area contributed by atoms with Gasteiger partial charge in [0.05, 0.1) is 23.5 Å². The number of aromatic amines is 1. The van der Waals surface area contributed by atoms with Crippen molar-refractivity contribution in [3.05, 3.63) is 71.4 Å². The molecule has 4 rings (SSSR count). The molecule has 2 unspecified atom stereocenters. The van der Waals surface area contributed by atoms with Crippen LogP contribution in [0.4, 0.5) is 8.78 Å². The Labute approximate surface area is 179 Å². The number of nitrogens with one attached hydrogen (secondary N) is 3. The summed E-state index contributed by atoms with van der Waals surface area (Å²) < 4.78 is 28.3. The van der Waals surface area contributed by atoms with Gasteiger partial charge in [-0.25, -0.2) is 9.37 Å². The molecule has 8 heteroatoms. The number of amides is 1. The molecule has 1 aromatic carbocycles. The van der Waals surface area contributed by atoms with E-state index in [1.54, 1.807) is 18.3 Å². The van der Waals surface area contributed by atoms with Crippen molar-refractivity contribution >= 4 is 5.91 Å². The Hall–Kier alpha value is -3.13. The summed E-state index contributed by atoms with van der Waals surface area (Å²) in [6, 6.07) is 11.5. The third-order valence-electron chi connectivity index (χ3n) is 5.53. The van der Waals surface area contributed by atoms with E-state index in [1.165, 1.54) is 0 Å². The van der Waals surface area contributed by atoms with Crippen LogP contribution in [0.2, 0.25) is 0 Å². The first kappa shape index (κ1) is 21.1. The maximum absolute atomic E-state index is 14.7. The number of hydrogen-bond donors (Lipinski definition) is 3. The molecule has 0 radical (unpaired) electrons. The number of benzene rings is 1. The highest BCUT2D eigenvalue weighted by Gasteiger charge is 2.31. The van der Waals surface area contributed by atoms with E-state index in [4.69, 9.17) is 0 Å². The number of halogens is 2. The number of carbonyl (C=O) groups is 1. The van der Waals surface area contributed by atoms with E-state index in [0.717, 1.165) is 16.8 Å². The van der Waals surface area contributed by atoms with Crippen molar-refractivity contribution in [1.29, 1.82) is 0 Å². The number of H-pyrrole nitrogens is 1. The summed E-state index contributed by atoms with van der Waals surface area (Å²) in [7, 11) is 0. The highest BCUT2D eigenvalue weighted by Crippen LogP contribution is 2.28. The zero-order chi connectivity index (χ0) is 22.0. The number of carbonyl (C=O) groups excluding carboxylic acids is 1. The Balaban J connectivity index is 1.70. The zero-order valence-corrected chi connectivity index (χ0v) is 17.4. The van der Waals surface area contributed by atoms with Crippen molar-refractivity contribution in [3.8, 4) is 11.3 Å². The molecule has 1 saturated heterocycles. The van der Waals surface area contributed by atoms with Crippen molar-refractivity contribution < 1.29 is 13.6 Å². The monoisotopic (exact) mass is 425 g/mol. The van der Waals surface area contributed by atoms with Crippen LogP contribution in [-0.2, 0) is 4.79 Å². The standard InChI is InChI=1S/C23H25F2N5O/c1-13(2)17-6-7-19(28-22(17)25)21(29-23(31)20-11-16(24)12-26-20)15-5-3-4-14(10-15)18-8-9-27-30-18/h3-10,13,16,20-21,26H,11-12H2,1-2H3,(H,27,30)(H,29,31)/t16?,20?,21-/m1/s1. The van der Waals surface area contributed by atoms with E-state index in [1.807, 2.05) is 44.2 Å². The topological polar surface area (TPSA) is 82.7 Å². The second-order valence-corrected chi connectivity index (χ2v) is 8.10. The summed E-state index contributed by atoms with van der Waals surface area (Å²) in [6.07, 6.45) is 0.710. The van der Waals surface area contributed by atoms with Crippen LogP contribution >= 0.6 is 0 Å². The molecule has 1 amide bonds. The van der Waals surface area contributed by atoms with Crippen molar-refractivity contribution in [3.63, 3.8) is 0 Å². The van der Waals surface area contributed by atoms with Crippen LogP contribution in [0.25, 0.3) is 11.3 Å². The molecule has 6 nitrogen and oxygen atoms in total. The van der Waals surface area contributed by atoms with Crippen molar-refractivity contribution in [2.24, 2.45) is 0 Å². The minimum Gasteiger partial charge on any atom is -0.342 e. The Morgan fingerprint density at radius 2 is 2.06 bits per heavy atom. The molecule has 3 aromatic rings. The number of rotatable bonds is 6. The number of hydrogen-bond acceptors (Lipinski definition) is 4. The second-order valence-electron chi connectivity index (χ2n) is 8.10. The highest BCUT2D eigenvalue weighted by atomic mass is 19.1. The van der Waals surface area contributed by atoms with Gasteiger partial charge in [0, 0.05) is 24.7 Å². The molecule has 162 valence electrons. The predicted molar refractivity (Wildman–Crippen MR) is 114 cm³/mol. The summed E-state index contributed by atoms with van der Waals surface area (Å²) in [4.78, 5) is 17.0. The number of aromatic nitrogens is 3. The molecule has 0 bridgehead atoms. The third-order valence-corrected chi connectivity index (χ3v) is 5.53. The average Bonchev–Trinajstić information content (AvgIpc) is 3.43. The van der Waals surface area contributed by atoms with Crippen LogP contribution in [0.3, 0.4) is 0 Å². The fourth-order valence-electron chi connectivity index (χ4n) is 3.82. The molecule has 3 heterocycles. The van der Waals surface area contributed by atoms with Crippen molar-refractivity contribution in [2.45, 2.75) is 44.4 Å². The molecule has 0 spiro atoms. The summed E-state index contributed by atoms with van der Waals surface area (Å²) in [5.41, 5.74) is 3.32. The Kier molecular flexibility index (Phi) is 6.08. The number of pyridine rings is 1. The quantitative estimate of drug-likeness (QED) is 0.527. The fraction of sp³-hybridized carbons (Fsp3) is 0.348. The lowest BCUT2D eigenvalue weighted by molar-refractivity contribution is -0.123. The molecule has 1 aliphatic rings. The Bertz CT molecular complexity index is 1050. The summed E-state index contributed by atoms with van der Waals surface area (Å²) in [6.45, 7) is 3.94. The van der Waals surface area contributed by atoms with Crippen LogP contribution in [-0.4, -0.2) is 39.8 Å². The van der Waals surface area contributed by atoms with Gasteiger partial charge in [-0.15, -0.1) is 0 Å². The minimum atomic E-state index is -1.06.